The van der Waals surface area contributed by atoms with Crippen LogP contribution < -0.4 is 5.32 Å². The van der Waals surface area contributed by atoms with Gasteiger partial charge >= 0.3 is 0 Å². The van der Waals surface area contributed by atoms with Crippen molar-refractivity contribution < 1.29 is 9.53 Å². The van der Waals surface area contributed by atoms with Crippen molar-refractivity contribution in [1.82, 2.24) is 15.1 Å². The highest BCUT2D eigenvalue weighted by atomic mass is 16.5. The third-order valence-corrected chi connectivity index (χ3v) is 3.37. The van der Waals surface area contributed by atoms with Gasteiger partial charge in [0, 0.05) is 18.8 Å². The van der Waals surface area contributed by atoms with Gasteiger partial charge in [0.05, 0.1) is 31.4 Å². The second-order valence-electron chi connectivity index (χ2n) is 4.77. The number of carbonyl (C=O) groups excluding carboxylic acids is 1. The Hall–Kier alpha value is -1.20. The van der Waals surface area contributed by atoms with Crippen molar-refractivity contribution in [2.75, 3.05) is 19.8 Å². The summed E-state index contributed by atoms with van der Waals surface area (Å²) in [5, 5.41) is 7.61. The summed E-state index contributed by atoms with van der Waals surface area (Å²) in [7, 11) is 0. The molecule has 0 aromatic carbocycles. The molecule has 0 saturated carbocycles. The summed E-state index contributed by atoms with van der Waals surface area (Å²) < 4.78 is 7.22. The molecule has 1 fully saturated rings. The van der Waals surface area contributed by atoms with Crippen LogP contribution in [0, 0.1) is 0 Å². The van der Waals surface area contributed by atoms with Crippen LogP contribution in [0.25, 0.3) is 0 Å². The number of Topliss-reactive ketones (excluding diaryl/α,β-unsaturated/α-hetero) is 1. The molecular formula is C13H21N3O2. The van der Waals surface area contributed by atoms with Gasteiger partial charge in [-0.2, -0.15) is 5.10 Å². The van der Waals surface area contributed by atoms with Gasteiger partial charge in [-0.05, 0) is 19.4 Å². The Morgan fingerprint density at radius 1 is 1.72 bits per heavy atom. The largest absolute Gasteiger partial charge is 0.378 e. The molecular weight excluding hydrogens is 230 g/mol. The number of hydrogen-bond acceptors (Lipinski definition) is 4. The lowest BCUT2D eigenvalue weighted by Gasteiger charge is -2.22. The maximum atomic E-state index is 12.0. The standard InChI is InChI=1S/C13H21N3O2/c1-3-10(2)16-6-4-11(15-16)8-13(17)12-9-18-7-5-14-12/h4,6,10,12,14H,3,5,7-9H2,1-2H3. The van der Waals surface area contributed by atoms with Crippen LogP contribution in [0.2, 0.25) is 0 Å². The highest BCUT2D eigenvalue weighted by Crippen LogP contribution is 2.10. The van der Waals surface area contributed by atoms with Crippen LogP contribution in [0.15, 0.2) is 12.3 Å². The molecule has 0 amide bonds. The van der Waals surface area contributed by atoms with Gasteiger partial charge in [-0.1, -0.05) is 6.92 Å². The Morgan fingerprint density at radius 2 is 2.56 bits per heavy atom. The summed E-state index contributed by atoms with van der Waals surface area (Å²) in [5.74, 6) is 0.157. The molecule has 2 unspecified atom stereocenters. The summed E-state index contributed by atoms with van der Waals surface area (Å²) >= 11 is 0. The van der Waals surface area contributed by atoms with Gasteiger partial charge in [-0.3, -0.25) is 9.48 Å². The van der Waals surface area contributed by atoms with E-state index in [1.54, 1.807) is 0 Å². The van der Waals surface area contributed by atoms with Gasteiger partial charge in [0.15, 0.2) is 5.78 Å². The SMILES string of the molecule is CCC(C)n1ccc(CC(=O)C2COCCN2)n1. The van der Waals surface area contributed by atoms with Crippen molar-refractivity contribution in [2.45, 2.75) is 38.8 Å². The minimum Gasteiger partial charge on any atom is -0.378 e. The first-order chi connectivity index (χ1) is 8.70. The number of ketones is 1. The van der Waals surface area contributed by atoms with Gasteiger partial charge < -0.3 is 10.1 Å². The van der Waals surface area contributed by atoms with Gasteiger partial charge in [0.1, 0.15) is 0 Å². The van der Waals surface area contributed by atoms with Crippen molar-refractivity contribution >= 4 is 5.78 Å². The average Bonchev–Trinajstić information content (AvgIpc) is 2.87. The first-order valence-electron chi connectivity index (χ1n) is 6.58. The highest BCUT2D eigenvalue weighted by Gasteiger charge is 2.21. The van der Waals surface area contributed by atoms with E-state index >= 15 is 0 Å². The van der Waals surface area contributed by atoms with Crippen LogP contribution in [-0.4, -0.2) is 41.4 Å². The molecule has 2 rings (SSSR count). The average molecular weight is 251 g/mol. The van der Waals surface area contributed by atoms with Gasteiger partial charge in [-0.25, -0.2) is 0 Å². The predicted octanol–water partition coefficient (Wildman–Crippen LogP) is 0.954. The van der Waals surface area contributed by atoms with Gasteiger partial charge in [-0.15, -0.1) is 0 Å². The fourth-order valence-corrected chi connectivity index (χ4v) is 1.98. The zero-order valence-corrected chi connectivity index (χ0v) is 11.1. The summed E-state index contributed by atoms with van der Waals surface area (Å²) in [6, 6.07) is 2.13. The second kappa shape index (κ2) is 6.11. The molecule has 1 aromatic rings. The molecule has 5 heteroatoms. The lowest BCUT2D eigenvalue weighted by Crippen LogP contribution is -2.47. The number of nitrogens with one attached hydrogen (secondary N) is 1. The Labute approximate surface area is 108 Å². The molecule has 5 nitrogen and oxygen atoms in total. The zero-order chi connectivity index (χ0) is 13.0. The molecule has 1 aromatic heterocycles. The topological polar surface area (TPSA) is 56.1 Å². The summed E-state index contributed by atoms with van der Waals surface area (Å²) in [5.41, 5.74) is 0.840. The van der Waals surface area contributed by atoms with Gasteiger partial charge in [0.25, 0.3) is 0 Å². The molecule has 0 bridgehead atoms. The van der Waals surface area contributed by atoms with E-state index in [4.69, 9.17) is 4.74 Å². The summed E-state index contributed by atoms with van der Waals surface area (Å²) in [6.45, 7) is 6.16. The summed E-state index contributed by atoms with van der Waals surface area (Å²) in [6.07, 6.45) is 3.36. The van der Waals surface area contributed by atoms with E-state index in [0.717, 1.165) is 18.7 Å². The number of rotatable bonds is 5. The first kappa shape index (κ1) is 13.2. The fraction of sp³-hybridized carbons (Fsp3) is 0.692. The molecule has 1 N–H and O–H groups in total. The monoisotopic (exact) mass is 251 g/mol. The summed E-state index contributed by atoms with van der Waals surface area (Å²) in [4.78, 5) is 12.0. The molecule has 0 spiro atoms. The number of nitrogens with zero attached hydrogens (tertiary/aromatic N) is 2. The van der Waals surface area contributed by atoms with Gasteiger partial charge in [0.2, 0.25) is 0 Å². The lowest BCUT2D eigenvalue weighted by atomic mass is 10.1. The molecule has 100 valence electrons. The van der Waals surface area contributed by atoms with E-state index in [1.165, 1.54) is 0 Å². The van der Waals surface area contributed by atoms with E-state index < -0.39 is 0 Å². The van der Waals surface area contributed by atoms with Crippen molar-refractivity contribution in [1.29, 1.82) is 0 Å². The van der Waals surface area contributed by atoms with E-state index in [-0.39, 0.29) is 11.8 Å². The van der Waals surface area contributed by atoms with Crippen LogP contribution in [-0.2, 0) is 16.0 Å². The number of morpholine rings is 1. The maximum Gasteiger partial charge on any atom is 0.158 e. The van der Waals surface area contributed by atoms with Crippen LogP contribution in [0.4, 0.5) is 0 Å². The normalized spacial score (nSPS) is 21.8. The van der Waals surface area contributed by atoms with E-state index in [9.17, 15) is 4.79 Å². The highest BCUT2D eigenvalue weighted by molar-refractivity contribution is 5.86. The second-order valence-corrected chi connectivity index (χ2v) is 4.77. The zero-order valence-electron chi connectivity index (χ0n) is 11.1. The van der Waals surface area contributed by atoms with Crippen molar-refractivity contribution in [3.63, 3.8) is 0 Å². The van der Waals surface area contributed by atoms with E-state index in [0.29, 0.717) is 25.7 Å². The van der Waals surface area contributed by atoms with Crippen molar-refractivity contribution in [2.24, 2.45) is 0 Å². The number of ether oxygens (including phenoxy) is 1. The quantitative estimate of drug-likeness (QED) is 0.846. The Balaban J connectivity index is 1.92. The van der Waals surface area contributed by atoms with Crippen molar-refractivity contribution in [3.8, 4) is 0 Å². The molecule has 2 heterocycles. The molecule has 0 aliphatic carbocycles. The van der Waals surface area contributed by atoms with E-state index in [2.05, 4.69) is 24.3 Å². The Kier molecular flexibility index (Phi) is 4.49. The molecule has 2 atom stereocenters. The molecule has 0 radical (unpaired) electrons. The Morgan fingerprint density at radius 3 is 3.22 bits per heavy atom. The third-order valence-electron chi connectivity index (χ3n) is 3.37. The first-order valence-corrected chi connectivity index (χ1v) is 6.58. The molecule has 18 heavy (non-hydrogen) atoms. The van der Waals surface area contributed by atoms with Crippen LogP contribution in [0.1, 0.15) is 32.0 Å². The van der Waals surface area contributed by atoms with Crippen LogP contribution >= 0.6 is 0 Å². The smallest absolute Gasteiger partial charge is 0.158 e. The van der Waals surface area contributed by atoms with Crippen LogP contribution in [0.3, 0.4) is 0 Å². The van der Waals surface area contributed by atoms with E-state index in [1.807, 2.05) is 16.9 Å². The fourth-order valence-electron chi connectivity index (χ4n) is 1.98. The molecule has 1 saturated heterocycles. The number of hydrogen-bond donors (Lipinski definition) is 1. The maximum absolute atomic E-state index is 12.0. The molecule has 1 aliphatic heterocycles. The molecule has 1 aliphatic rings. The number of carbonyl (C=O) groups is 1. The van der Waals surface area contributed by atoms with Crippen LogP contribution in [0.5, 0.6) is 0 Å². The lowest BCUT2D eigenvalue weighted by molar-refractivity contribution is -0.123. The minimum absolute atomic E-state index is 0.157. The van der Waals surface area contributed by atoms with Crippen molar-refractivity contribution in [3.05, 3.63) is 18.0 Å². The minimum atomic E-state index is -0.174. The predicted molar refractivity (Wildman–Crippen MR) is 68.5 cm³/mol. The number of aromatic nitrogens is 2. The third kappa shape index (κ3) is 3.17. The Bertz CT molecular complexity index is 397.